The van der Waals surface area contributed by atoms with Gasteiger partial charge in [0, 0.05) is 18.6 Å². The number of halogens is 1. The highest BCUT2D eigenvalue weighted by Crippen LogP contribution is 2.31. The zero-order valence-corrected chi connectivity index (χ0v) is 14.0. The number of anilines is 1. The summed E-state index contributed by atoms with van der Waals surface area (Å²) in [5.41, 5.74) is 1.56. The molecule has 24 heavy (non-hydrogen) atoms. The van der Waals surface area contributed by atoms with Crippen LogP contribution in [0.3, 0.4) is 0 Å². The summed E-state index contributed by atoms with van der Waals surface area (Å²) in [5.74, 6) is 0.237. The van der Waals surface area contributed by atoms with E-state index in [9.17, 15) is 9.59 Å². The van der Waals surface area contributed by atoms with Crippen molar-refractivity contribution in [2.45, 2.75) is 6.54 Å². The van der Waals surface area contributed by atoms with E-state index in [1.54, 1.807) is 30.1 Å². The van der Waals surface area contributed by atoms with Crippen LogP contribution >= 0.6 is 11.6 Å². The Bertz CT molecular complexity index is 778. The normalized spacial score (nSPS) is 13.2. The molecule has 0 atom stereocenters. The van der Waals surface area contributed by atoms with Crippen LogP contribution in [0.15, 0.2) is 48.5 Å². The SMILES string of the molecule is CN(Cc1cccc(Cl)c1)C(=O)CN1C(=O)COc2ccccc21. The molecule has 0 radical (unpaired) electrons. The van der Waals surface area contributed by atoms with Crippen molar-refractivity contribution in [1.29, 1.82) is 0 Å². The maximum absolute atomic E-state index is 12.5. The van der Waals surface area contributed by atoms with Crippen molar-refractivity contribution in [2.24, 2.45) is 0 Å². The largest absolute Gasteiger partial charge is 0.482 e. The van der Waals surface area contributed by atoms with E-state index in [1.165, 1.54) is 4.90 Å². The van der Waals surface area contributed by atoms with Crippen LogP contribution in [0.25, 0.3) is 0 Å². The van der Waals surface area contributed by atoms with Gasteiger partial charge < -0.3 is 9.64 Å². The summed E-state index contributed by atoms with van der Waals surface area (Å²) >= 11 is 5.97. The molecule has 0 aliphatic carbocycles. The number of nitrogens with zero attached hydrogens (tertiary/aromatic N) is 2. The second-order valence-corrected chi connectivity index (χ2v) is 6.05. The topological polar surface area (TPSA) is 49.9 Å². The molecular weight excluding hydrogens is 328 g/mol. The average molecular weight is 345 g/mol. The number of carbonyl (C=O) groups is 2. The number of para-hydroxylation sites is 2. The molecule has 0 fully saturated rings. The summed E-state index contributed by atoms with van der Waals surface area (Å²) in [6.07, 6.45) is 0. The maximum atomic E-state index is 12.5. The van der Waals surface area contributed by atoms with E-state index in [1.807, 2.05) is 30.3 Å². The first-order chi connectivity index (χ1) is 11.5. The summed E-state index contributed by atoms with van der Waals surface area (Å²) < 4.78 is 5.39. The lowest BCUT2D eigenvalue weighted by Crippen LogP contribution is -2.45. The van der Waals surface area contributed by atoms with Gasteiger partial charge in [0.2, 0.25) is 5.91 Å². The summed E-state index contributed by atoms with van der Waals surface area (Å²) in [7, 11) is 1.71. The molecule has 124 valence electrons. The Morgan fingerprint density at radius 3 is 2.83 bits per heavy atom. The number of ether oxygens (including phenoxy) is 1. The third-order valence-corrected chi connectivity index (χ3v) is 4.07. The van der Waals surface area contributed by atoms with Gasteiger partial charge in [0.1, 0.15) is 12.3 Å². The van der Waals surface area contributed by atoms with Crippen LogP contribution in [0.1, 0.15) is 5.56 Å². The second kappa shape index (κ2) is 6.93. The van der Waals surface area contributed by atoms with Crippen molar-refractivity contribution >= 4 is 29.1 Å². The minimum absolute atomic E-state index is 0.0176. The molecule has 2 aromatic rings. The smallest absolute Gasteiger partial charge is 0.265 e. The Labute approximate surface area is 145 Å². The fourth-order valence-corrected chi connectivity index (χ4v) is 2.79. The van der Waals surface area contributed by atoms with Crippen molar-refractivity contribution in [3.63, 3.8) is 0 Å². The molecule has 3 rings (SSSR count). The van der Waals surface area contributed by atoms with Gasteiger partial charge in [-0.05, 0) is 29.8 Å². The Kier molecular flexibility index (Phi) is 4.71. The van der Waals surface area contributed by atoms with E-state index in [0.29, 0.717) is 23.0 Å². The molecule has 0 aromatic heterocycles. The lowest BCUT2D eigenvalue weighted by Gasteiger charge is -2.30. The lowest BCUT2D eigenvalue weighted by atomic mass is 10.2. The summed E-state index contributed by atoms with van der Waals surface area (Å²) in [6.45, 7) is 0.359. The monoisotopic (exact) mass is 344 g/mol. The van der Waals surface area contributed by atoms with Gasteiger partial charge in [-0.2, -0.15) is 0 Å². The van der Waals surface area contributed by atoms with Crippen LogP contribution in [-0.2, 0) is 16.1 Å². The number of rotatable bonds is 4. The number of carbonyl (C=O) groups excluding carboxylic acids is 2. The van der Waals surface area contributed by atoms with Crippen molar-refractivity contribution in [1.82, 2.24) is 4.90 Å². The highest BCUT2D eigenvalue weighted by molar-refractivity contribution is 6.30. The van der Waals surface area contributed by atoms with E-state index in [4.69, 9.17) is 16.3 Å². The van der Waals surface area contributed by atoms with Crippen LogP contribution < -0.4 is 9.64 Å². The Morgan fingerprint density at radius 1 is 1.25 bits per heavy atom. The van der Waals surface area contributed by atoms with E-state index in [2.05, 4.69) is 0 Å². The number of fused-ring (bicyclic) bond motifs is 1. The van der Waals surface area contributed by atoms with Crippen molar-refractivity contribution < 1.29 is 14.3 Å². The number of likely N-dealkylation sites (N-methyl/N-ethyl adjacent to an activating group) is 1. The van der Waals surface area contributed by atoms with Gasteiger partial charge in [0.05, 0.1) is 5.69 Å². The molecule has 0 N–H and O–H groups in total. The molecule has 2 amide bonds. The predicted molar refractivity (Wildman–Crippen MR) is 92.2 cm³/mol. The van der Waals surface area contributed by atoms with E-state index in [0.717, 1.165) is 5.56 Å². The number of hydrogen-bond acceptors (Lipinski definition) is 3. The standard InChI is InChI=1S/C18H17ClN2O3/c1-20(10-13-5-4-6-14(19)9-13)17(22)11-21-15-7-2-3-8-16(15)24-12-18(21)23/h2-9H,10-12H2,1H3. The molecule has 0 saturated heterocycles. The van der Waals surface area contributed by atoms with Gasteiger partial charge in [-0.3, -0.25) is 14.5 Å². The Hall–Kier alpha value is -2.53. The van der Waals surface area contributed by atoms with Gasteiger partial charge in [0.25, 0.3) is 5.91 Å². The maximum Gasteiger partial charge on any atom is 0.265 e. The fraction of sp³-hybridized carbons (Fsp3) is 0.222. The Balaban J connectivity index is 1.71. The minimum atomic E-state index is -0.224. The van der Waals surface area contributed by atoms with E-state index >= 15 is 0 Å². The van der Waals surface area contributed by atoms with E-state index in [-0.39, 0.29) is 25.0 Å². The molecular formula is C18H17ClN2O3. The average Bonchev–Trinajstić information content (AvgIpc) is 2.57. The number of hydrogen-bond donors (Lipinski definition) is 0. The van der Waals surface area contributed by atoms with Crippen molar-refractivity contribution in [2.75, 3.05) is 25.1 Å². The molecule has 5 nitrogen and oxygen atoms in total. The summed E-state index contributed by atoms with van der Waals surface area (Å²) in [6, 6.07) is 14.6. The number of benzene rings is 2. The van der Waals surface area contributed by atoms with Gasteiger partial charge in [-0.1, -0.05) is 35.9 Å². The highest BCUT2D eigenvalue weighted by atomic mass is 35.5. The van der Waals surface area contributed by atoms with Crippen LogP contribution in [0.5, 0.6) is 5.75 Å². The second-order valence-electron chi connectivity index (χ2n) is 5.62. The molecule has 6 heteroatoms. The first-order valence-electron chi connectivity index (χ1n) is 7.55. The zero-order valence-electron chi connectivity index (χ0n) is 13.2. The molecule has 1 heterocycles. The minimum Gasteiger partial charge on any atom is -0.482 e. The molecule has 1 aliphatic heterocycles. The first-order valence-corrected chi connectivity index (χ1v) is 7.93. The lowest BCUT2D eigenvalue weighted by molar-refractivity contribution is -0.131. The molecule has 0 saturated carbocycles. The van der Waals surface area contributed by atoms with Gasteiger partial charge in [-0.25, -0.2) is 0 Å². The molecule has 2 aromatic carbocycles. The van der Waals surface area contributed by atoms with Gasteiger partial charge >= 0.3 is 0 Å². The molecule has 0 spiro atoms. The quantitative estimate of drug-likeness (QED) is 0.857. The van der Waals surface area contributed by atoms with Gasteiger partial charge in [0.15, 0.2) is 6.61 Å². The first kappa shape index (κ1) is 16.3. The predicted octanol–water partition coefficient (Wildman–Crippen LogP) is 2.72. The summed E-state index contributed by atoms with van der Waals surface area (Å²) in [5, 5.41) is 0.630. The Morgan fingerprint density at radius 2 is 2.04 bits per heavy atom. The molecule has 0 unspecified atom stereocenters. The fourth-order valence-electron chi connectivity index (χ4n) is 2.58. The van der Waals surface area contributed by atoms with Crippen LogP contribution in [-0.4, -0.2) is 36.9 Å². The molecule has 0 bridgehead atoms. The van der Waals surface area contributed by atoms with Crippen LogP contribution in [0, 0.1) is 0 Å². The third-order valence-electron chi connectivity index (χ3n) is 3.84. The summed E-state index contributed by atoms with van der Waals surface area (Å²) in [4.78, 5) is 27.7. The van der Waals surface area contributed by atoms with Crippen molar-refractivity contribution in [3.05, 3.63) is 59.1 Å². The zero-order chi connectivity index (χ0) is 17.1. The van der Waals surface area contributed by atoms with Crippen LogP contribution in [0.2, 0.25) is 5.02 Å². The third kappa shape index (κ3) is 3.51. The van der Waals surface area contributed by atoms with Crippen molar-refractivity contribution in [3.8, 4) is 5.75 Å². The van der Waals surface area contributed by atoms with Gasteiger partial charge in [-0.15, -0.1) is 0 Å². The number of amides is 2. The molecule has 1 aliphatic rings. The van der Waals surface area contributed by atoms with Crippen LogP contribution in [0.4, 0.5) is 5.69 Å². The highest BCUT2D eigenvalue weighted by Gasteiger charge is 2.27. The van der Waals surface area contributed by atoms with E-state index < -0.39 is 0 Å².